The fourth-order valence-corrected chi connectivity index (χ4v) is 2.79. The lowest BCUT2D eigenvalue weighted by Crippen LogP contribution is -2.41. The molecule has 116 valence electrons. The molecular formula is C17H26N2O2. The molecule has 3 atom stereocenters. The quantitative estimate of drug-likeness (QED) is 0.876. The van der Waals surface area contributed by atoms with Crippen molar-refractivity contribution in [1.29, 1.82) is 0 Å². The van der Waals surface area contributed by atoms with Crippen LogP contribution in [-0.4, -0.2) is 30.0 Å². The van der Waals surface area contributed by atoms with Gasteiger partial charge in [-0.2, -0.15) is 0 Å². The first-order valence-corrected chi connectivity index (χ1v) is 7.85. The van der Waals surface area contributed by atoms with Gasteiger partial charge in [-0.25, -0.2) is 0 Å². The molecule has 4 heteroatoms. The average molecular weight is 290 g/mol. The summed E-state index contributed by atoms with van der Waals surface area (Å²) in [4.78, 5) is 14.2. The van der Waals surface area contributed by atoms with E-state index in [1.807, 2.05) is 36.1 Å². The molecule has 0 spiro atoms. The van der Waals surface area contributed by atoms with Crippen molar-refractivity contribution in [1.82, 2.24) is 10.2 Å². The molecule has 1 aliphatic heterocycles. The second kappa shape index (κ2) is 6.94. The molecule has 1 aromatic carbocycles. The second-order valence-corrected chi connectivity index (χ2v) is 5.71. The summed E-state index contributed by atoms with van der Waals surface area (Å²) in [5.41, 5.74) is 1.11. The summed E-state index contributed by atoms with van der Waals surface area (Å²) < 4.78 is 5.47. The van der Waals surface area contributed by atoms with E-state index in [0.29, 0.717) is 19.1 Å². The number of nitrogens with zero attached hydrogens (tertiary/aromatic N) is 1. The van der Waals surface area contributed by atoms with Crippen LogP contribution in [0.4, 0.5) is 0 Å². The van der Waals surface area contributed by atoms with Crippen LogP contribution in [0.1, 0.15) is 45.8 Å². The first-order chi connectivity index (χ1) is 10.1. The number of hydrogen-bond donors (Lipinski definition) is 1. The van der Waals surface area contributed by atoms with Crippen molar-refractivity contribution in [2.45, 2.75) is 46.3 Å². The van der Waals surface area contributed by atoms with Gasteiger partial charge in [0.1, 0.15) is 11.9 Å². The number of carbonyl (C=O) groups excluding carboxylic acids is 1. The molecule has 1 aliphatic rings. The van der Waals surface area contributed by atoms with Gasteiger partial charge in [-0.05, 0) is 37.5 Å². The molecule has 1 aromatic rings. The van der Waals surface area contributed by atoms with Gasteiger partial charge in [0.15, 0.2) is 0 Å². The van der Waals surface area contributed by atoms with E-state index >= 15 is 0 Å². The highest BCUT2D eigenvalue weighted by molar-refractivity contribution is 5.81. The molecule has 1 heterocycles. The van der Waals surface area contributed by atoms with E-state index in [4.69, 9.17) is 4.74 Å². The largest absolute Gasteiger partial charge is 0.494 e. The molecule has 1 fully saturated rings. The fourth-order valence-electron chi connectivity index (χ4n) is 2.79. The number of benzene rings is 1. The first kappa shape index (κ1) is 15.8. The third-order valence-electron chi connectivity index (χ3n) is 4.43. The first-order valence-electron chi connectivity index (χ1n) is 7.85. The summed E-state index contributed by atoms with van der Waals surface area (Å²) in [6.45, 7) is 9.56. The zero-order valence-electron chi connectivity index (χ0n) is 13.4. The van der Waals surface area contributed by atoms with Gasteiger partial charge in [-0.15, -0.1) is 0 Å². The highest BCUT2D eigenvalue weighted by Crippen LogP contribution is 2.29. The van der Waals surface area contributed by atoms with Crippen LogP contribution in [0.2, 0.25) is 0 Å². The van der Waals surface area contributed by atoms with Crippen molar-refractivity contribution in [3.05, 3.63) is 29.8 Å². The summed E-state index contributed by atoms with van der Waals surface area (Å²) in [5, 5.41) is 3.32. The van der Waals surface area contributed by atoms with E-state index in [9.17, 15) is 4.79 Å². The fraction of sp³-hybridized carbons (Fsp3) is 0.588. The number of amides is 1. The third kappa shape index (κ3) is 3.38. The topological polar surface area (TPSA) is 41.6 Å². The number of hydrogen-bond acceptors (Lipinski definition) is 3. The Balaban J connectivity index is 2.18. The molecule has 0 aliphatic carbocycles. The predicted octanol–water partition coefficient (Wildman–Crippen LogP) is 2.95. The Hall–Kier alpha value is -1.55. The lowest BCUT2D eigenvalue weighted by atomic mass is 9.98. The van der Waals surface area contributed by atoms with Crippen LogP contribution in [0.5, 0.6) is 5.75 Å². The van der Waals surface area contributed by atoms with E-state index in [-0.39, 0.29) is 18.1 Å². The summed E-state index contributed by atoms with van der Waals surface area (Å²) in [5.74, 6) is 1.54. The number of nitrogens with one attached hydrogen (secondary N) is 1. The monoisotopic (exact) mass is 290 g/mol. The maximum absolute atomic E-state index is 12.2. The van der Waals surface area contributed by atoms with E-state index in [2.05, 4.69) is 26.1 Å². The minimum Gasteiger partial charge on any atom is -0.494 e. The Bertz CT molecular complexity index is 472. The van der Waals surface area contributed by atoms with Crippen LogP contribution in [0, 0.1) is 5.92 Å². The maximum atomic E-state index is 12.2. The Morgan fingerprint density at radius 1 is 1.29 bits per heavy atom. The number of carbonyl (C=O) groups is 1. The summed E-state index contributed by atoms with van der Waals surface area (Å²) >= 11 is 0. The van der Waals surface area contributed by atoms with E-state index in [1.165, 1.54) is 0 Å². The molecule has 0 bridgehead atoms. The second-order valence-electron chi connectivity index (χ2n) is 5.71. The van der Waals surface area contributed by atoms with Gasteiger partial charge >= 0.3 is 0 Å². The average Bonchev–Trinajstić information content (AvgIpc) is 2.88. The minimum absolute atomic E-state index is 0.0304. The van der Waals surface area contributed by atoms with Crippen LogP contribution in [-0.2, 0) is 4.79 Å². The summed E-state index contributed by atoms with van der Waals surface area (Å²) in [6.07, 6.45) is 1.04. The zero-order valence-corrected chi connectivity index (χ0v) is 13.4. The van der Waals surface area contributed by atoms with Gasteiger partial charge < -0.3 is 9.64 Å². The van der Waals surface area contributed by atoms with Gasteiger partial charge in [-0.3, -0.25) is 10.1 Å². The van der Waals surface area contributed by atoms with Crippen LogP contribution in [0.15, 0.2) is 24.3 Å². The third-order valence-corrected chi connectivity index (χ3v) is 4.43. The number of ether oxygens (including phenoxy) is 1. The highest BCUT2D eigenvalue weighted by atomic mass is 16.5. The maximum Gasteiger partial charge on any atom is 0.238 e. The lowest BCUT2D eigenvalue weighted by Gasteiger charge is -2.34. The summed E-state index contributed by atoms with van der Waals surface area (Å²) in [6, 6.07) is 8.24. The van der Waals surface area contributed by atoms with Gasteiger partial charge in [-0.1, -0.05) is 32.4 Å². The zero-order chi connectivity index (χ0) is 15.4. The molecule has 1 amide bonds. The van der Waals surface area contributed by atoms with E-state index in [0.717, 1.165) is 17.7 Å². The molecule has 2 rings (SSSR count). The molecule has 4 nitrogen and oxygen atoms in total. The van der Waals surface area contributed by atoms with Crippen molar-refractivity contribution < 1.29 is 9.53 Å². The van der Waals surface area contributed by atoms with Crippen molar-refractivity contribution in [2.75, 3.05) is 13.2 Å². The molecule has 3 unspecified atom stereocenters. The van der Waals surface area contributed by atoms with Crippen molar-refractivity contribution in [2.24, 2.45) is 5.92 Å². The van der Waals surface area contributed by atoms with Crippen LogP contribution in [0.25, 0.3) is 0 Å². The summed E-state index contributed by atoms with van der Waals surface area (Å²) in [7, 11) is 0. The van der Waals surface area contributed by atoms with E-state index in [1.54, 1.807) is 0 Å². The molecule has 0 radical (unpaired) electrons. The van der Waals surface area contributed by atoms with Crippen molar-refractivity contribution in [3.8, 4) is 5.75 Å². The normalized spacial score (nSPS) is 21.4. The van der Waals surface area contributed by atoms with Crippen molar-refractivity contribution >= 4 is 5.91 Å². The van der Waals surface area contributed by atoms with Crippen LogP contribution >= 0.6 is 0 Å². The molecule has 21 heavy (non-hydrogen) atoms. The van der Waals surface area contributed by atoms with Crippen LogP contribution in [0.3, 0.4) is 0 Å². The molecule has 0 saturated carbocycles. The standard InChI is InChI=1S/C17H26N2O2/c1-5-12(3)13(4)19-16(20)11-18-17(19)14-7-9-15(10-8-14)21-6-2/h7-10,12-13,17-18H,5-6,11H2,1-4H3. The van der Waals surface area contributed by atoms with Gasteiger partial charge in [0.05, 0.1) is 13.2 Å². The van der Waals surface area contributed by atoms with Crippen LogP contribution < -0.4 is 10.1 Å². The van der Waals surface area contributed by atoms with Gasteiger partial charge in [0.25, 0.3) is 0 Å². The highest BCUT2D eigenvalue weighted by Gasteiger charge is 2.36. The Morgan fingerprint density at radius 2 is 1.95 bits per heavy atom. The van der Waals surface area contributed by atoms with Crippen molar-refractivity contribution in [3.63, 3.8) is 0 Å². The smallest absolute Gasteiger partial charge is 0.238 e. The SMILES string of the molecule is CCOc1ccc(C2NCC(=O)N2C(C)C(C)CC)cc1. The molecule has 1 saturated heterocycles. The van der Waals surface area contributed by atoms with Gasteiger partial charge in [0, 0.05) is 6.04 Å². The minimum atomic E-state index is -0.0304. The Kier molecular flexibility index (Phi) is 5.23. The molecule has 1 N–H and O–H groups in total. The van der Waals surface area contributed by atoms with Gasteiger partial charge in [0.2, 0.25) is 5.91 Å². The Labute approximate surface area is 127 Å². The van der Waals surface area contributed by atoms with E-state index < -0.39 is 0 Å². The lowest BCUT2D eigenvalue weighted by molar-refractivity contribution is -0.131. The molecule has 0 aromatic heterocycles. The predicted molar refractivity (Wildman–Crippen MR) is 84.1 cm³/mol. The molecular weight excluding hydrogens is 264 g/mol. The number of rotatable bonds is 6. The Morgan fingerprint density at radius 3 is 2.52 bits per heavy atom.